The van der Waals surface area contributed by atoms with E-state index in [1.807, 2.05) is 0 Å². The number of alkyl halides is 3. The van der Waals surface area contributed by atoms with Gasteiger partial charge in [0.2, 0.25) is 0 Å². The molecule has 2 N–H and O–H groups in total. The van der Waals surface area contributed by atoms with Gasteiger partial charge < -0.3 is 10.4 Å². The molecule has 2 aromatic rings. The van der Waals surface area contributed by atoms with Gasteiger partial charge in [-0.2, -0.15) is 13.2 Å². The number of thiophene rings is 1. The SMILES string of the molecule is C[C@](O)(CNC(=O)c1sccc1-n1ccnn1)C(F)(F)F. The van der Waals surface area contributed by atoms with Crippen molar-refractivity contribution in [3.05, 3.63) is 28.7 Å². The molecular formula is C11H11F3N4O2S. The van der Waals surface area contributed by atoms with Crippen LogP contribution in [-0.2, 0) is 0 Å². The molecular weight excluding hydrogens is 309 g/mol. The standard InChI is InChI=1S/C11H11F3N4O2S/c1-10(20,11(12,13)14)6-15-9(19)8-7(2-5-21-8)18-4-3-16-17-18/h2-5,20H,6H2,1H3,(H,15,19)/t10-/m0/s1. The fourth-order valence-corrected chi connectivity index (χ4v) is 2.22. The minimum atomic E-state index is -4.83. The Hall–Kier alpha value is -1.94. The Kier molecular flexibility index (Phi) is 4.01. The highest BCUT2D eigenvalue weighted by molar-refractivity contribution is 7.12. The monoisotopic (exact) mass is 320 g/mol. The summed E-state index contributed by atoms with van der Waals surface area (Å²) in [6.45, 7) is -0.343. The summed E-state index contributed by atoms with van der Waals surface area (Å²) in [6, 6.07) is 1.59. The highest BCUT2D eigenvalue weighted by Crippen LogP contribution is 2.29. The molecule has 0 aromatic carbocycles. The lowest BCUT2D eigenvalue weighted by Crippen LogP contribution is -2.51. The number of nitrogens with zero attached hydrogens (tertiary/aromatic N) is 3. The van der Waals surface area contributed by atoms with Gasteiger partial charge in [-0.1, -0.05) is 5.21 Å². The van der Waals surface area contributed by atoms with Crippen molar-refractivity contribution >= 4 is 17.2 Å². The summed E-state index contributed by atoms with van der Waals surface area (Å²) in [5.74, 6) is -0.722. The fourth-order valence-electron chi connectivity index (χ4n) is 1.42. The number of nitrogens with one attached hydrogen (secondary N) is 1. The lowest BCUT2D eigenvalue weighted by atomic mass is 10.1. The van der Waals surface area contributed by atoms with Gasteiger partial charge in [-0.25, -0.2) is 4.68 Å². The van der Waals surface area contributed by atoms with Crippen molar-refractivity contribution < 1.29 is 23.1 Å². The first-order valence-corrected chi connectivity index (χ1v) is 6.62. The second-order valence-electron chi connectivity index (χ2n) is 4.44. The zero-order chi connectivity index (χ0) is 15.7. The number of amides is 1. The van der Waals surface area contributed by atoms with Gasteiger partial charge in [-0.3, -0.25) is 4.79 Å². The second-order valence-corrected chi connectivity index (χ2v) is 5.35. The molecule has 0 spiro atoms. The Labute approximate surface area is 121 Å². The Morgan fingerprint density at radius 1 is 1.52 bits per heavy atom. The van der Waals surface area contributed by atoms with E-state index in [4.69, 9.17) is 0 Å². The Bertz CT molecular complexity index is 622. The van der Waals surface area contributed by atoms with Gasteiger partial charge in [0.05, 0.1) is 24.6 Å². The van der Waals surface area contributed by atoms with Crippen molar-refractivity contribution in [2.24, 2.45) is 0 Å². The third-order valence-corrected chi connectivity index (χ3v) is 3.63. The van der Waals surface area contributed by atoms with E-state index in [0.29, 0.717) is 12.6 Å². The highest BCUT2D eigenvalue weighted by Gasteiger charge is 2.50. The number of aromatic nitrogens is 3. The average Bonchev–Trinajstić information content (AvgIpc) is 3.04. The molecule has 1 amide bonds. The van der Waals surface area contributed by atoms with E-state index in [1.54, 1.807) is 11.4 Å². The lowest BCUT2D eigenvalue weighted by Gasteiger charge is -2.26. The van der Waals surface area contributed by atoms with E-state index in [1.165, 1.54) is 17.1 Å². The maximum Gasteiger partial charge on any atom is 0.418 e. The zero-order valence-corrected chi connectivity index (χ0v) is 11.6. The first kappa shape index (κ1) is 15.4. The van der Waals surface area contributed by atoms with Gasteiger partial charge in [-0.15, -0.1) is 16.4 Å². The van der Waals surface area contributed by atoms with Gasteiger partial charge in [0.25, 0.3) is 5.91 Å². The van der Waals surface area contributed by atoms with Crippen molar-refractivity contribution in [1.82, 2.24) is 20.3 Å². The van der Waals surface area contributed by atoms with E-state index in [-0.39, 0.29) is 4.88 Å². The average molecular weight is 320 g/mol. The van der Waals surface area contributed by atoms with E-state index >= 15 is 0 Å². The van der Waals surface area contributed by atoms with Crippen molar-refractivity contribution in [3.8, 4) is 5.69 Å². The molecule has 0 radical (unpaired) electrons. The molecule has 10 heteroatoms. The number of rotatable bonds is 4. The van der Waals surface area contributed by atoms with Gasteiger partial charge in [-0.05, 0) is 18.4 Å². The van der Waals surface area contributed by atoms with Gasteiger partial charge in [0.1, 0.15) is 4.88 Å². The van der Waals surface area contributed by atoms with E-state index in [0.717, 1.165) is 11.3 Å². The summed E-state index contributed by atoms with van der Waals surface area (Å²) in [7, 11) is 0. The largest absolute Gasteiger partial charge is 0.418 e. The van der Waals surface area contributed by atoms with Crippen LogP contribution < -0.4 is 5.32 Å². The van der Waals surface area contributed by atoms with Crippen LogP contribution in [0.3, 0.4) is 0 Å². The molecule has 0 bridgehead atoms. The molecule has 0 saturated carbocycles. The molecule has 2 aromatic heterocycles. The van der Waals surface area contributed by atoms with Crippen LogP contribution in [0.4, 0.5) is 13.2 Å². The van der Waals surface area contributed by atoms with Crippen molar-refractivity contribution in [1.29, 1.82) is 0 Å². The maximum atomic E-state index is 12.5. The maximum absolute atomic E-state index is 12.5. The van der Waals surface area contributed by atoms with Crippen LogP contribution in [0.25, 0.3) is 5.69 Å². The summed E-state index contributed by atoms with van der Waals surface area (Å²) in [5, 5.41) is 20.3. The van der Waals surface area contributed by atoms with Crippen molar-refractivity contribution in [2.75, 3.05) is 6.54 Å². The minimum absolute atomic E-state index is 0.179. The van der Waals surface area contributed by atoms with Crippen LogP contribution >= 0.6 is 11.3 Å². The van der Waals surface area contributed by atoms with Crippen LogP contribution in [0.15, 0.2) is 23.8 Å². The summed E-state index contributed by atoms with van der Waals surface area (Å²) in [6.07, 6.45) is -1.91. The van der Waals surface area contributed by atoms with E-state index in [2.05, 4.69) is 15.6 Å². The third kappa shape index (κ3) is 3.22. The molecule has 21 heavy (non-hydrogen) atoms. The van der Waals surface area contributed by atoms with E-state index in [9.17, 15) is 23.1 Å². The van der Waals surface area contributed by atoms with Crippen molar-refractivity contribution in [2.45, 2.75) is 18.7 Å². The topological polar surface area (TPSA) is 80.0 Å². The first-order valence-electron chi connectivity index (χ1n) is 5.74. The number of carbonyl (C=O) groups is 1. The lowest BCUT2D eigenvalue weighted by molar-refractivity contribution is -0.249. The molecule has 0 aliphatic heterocycles. The van der Waals surface area contributed by atoms with Gasteiger partial charge >= 0.3 is 6.18 Å². The number of hydrogen-bond acceptors (Lipinski definition) is 5. The molecule has 6 nitrogen and oxygen atoms in total. The molecule has 0 aliphatic rings. The predicted octanol–water partition coefficient (Wildman–Crippen LogP) is 1.37. The predicted molar refractivity (Wildman–Crippen MR) is 68.2 cm³/mol. The van der Waals surface area contributed by atoms with E-state index < -0.39 is 24.2 Å². The fraction of sp³-hybridized carbons (Fsp3) is 0.364. The molecule has 0 unspecified atom stereocenters. The van der Waals surface area contributed by atoms with Gasteiger partial charge in [0.15, 0.2) is 5.60 Å². The molecule has 114 valence electrons. The number of halogens is 3. The van der Waals surface area contributed by atoms with Crippen LogP contribution in [0.2, 0.25) is 0 Å². The smallest absolute Gasteiger partial charge is 0.379 e. The minimum Gasteiger partial charge on any atom is -0.379 e. The zero-order valence-electron chi connectivity index (χ0n) is 10.8. The molecule has 1 atom stereocenters. The molecule has 0 fully saturated rings. The third-order valence-electron chi connectivity index (χ3n) is 2.72. The van der Waals surface area contributed by atoms with Crippen molar-refractivity contribution in [3.63, 3.8) is 0 Å². The Morgan fingerprint density at radius 3 is 2.81 bits per heavy atom. The summed E-state index contributed by atoms with van der Waals surface area (Å²) < 4.78 is 38.9. The number of hydrogen-bond donors (Lipinski definition) is 2. The summed E-state index contributed by atoms with van der Waals surface area (Å²) in [4.78, 5) is 12.1. The highest BCUT2D eigenvalue weighted by atomic mass is 32.1. The first-order chi connectivity index (χ1) is 9.72. The van der Waals surface area contributed by atoms with Crippen LogP contribution in [-0.4, -0.2) is 44.3 Å². The Balaban J connectivity index is 2.11. The number of aliphatic hydroxyl groups is 1. The van der Waals surface area contributed by atoms with Crippen LogP contribution in [0.1, 0.15) is 16.6 Å². The summed E-state index contributed by atoms with van der Waals surface area (Å²) >= 11 is 1.05. The second kappa shape index (κ2) is 5.45. The molecule has 0 aliphatic carbocycles. The van der Waals surface area contributed by atoms with Crippen LogP contribution in [0.5, 0.6) is 0 Å². The molecule has 2 heterocycles. The normalized spacial score (nSPS) is 14.7. The molecule has 0 saturated heterocycles. The number of carbonyl (C=O) groups excluding carboxylic acids is 1. The van der Waals surface area contributed by atoms with Gasteiger partial charge in [0, 0.05) is 0 Å². The Morgan fingerprint density at radius 2 is 2.24 bits per heavy atom. The van der Waals surface area contributed by atoms with Crippen LogP contribution in [0, 0.1) is 0 Å². The molecule has 2 rings (SSSR count). The quantitative estimate of drug-likeness (QED) is 0.892. The summed E-state index contributed by atoms with van der Waals surface area (Å²) in [5.41, 5.74) is -2.59.